The van der Waals surface area contributed by atoms with Gasteiger partial charge in [0.15, 0.2) is 5.82 Å². The second kappa shape index (κ2) is 19.9. The molecule has 1 unspecified atom stereocenters. The molecule has 10 heteroatoms. The minimum absolute atomic E-state index is 0.0910. The van der Waals surface area contributed by atoms with E-state index in [1.54, 1.807) is 6.92 Å². The van der Waals surface area contributed by atoms with Crippen LogP contribution < -0.4 is 10.6 Å². The first-order chi connectivity index (χ1) is 16.5. The number of hydrogen-bond acceptors (Lipinski definition) is 6. The summed E-state index contributed by atoms with van der Waals surface area (Å²) in [5, 5.41) is 28.4. The third kappa shape index (κ3) is 16.1. The third-order valence-electron chi connectivity index (χ3n) is 5.86. The van der Waals surface area contributed by atoms with E-state index in [9.17, 15) is 19.5 Å². The van der Waals surface area contributed by atoms with Gasteiger partial charge in [-0.15, -0.1) is 10.2 Å². The Morgan fingerprint density at radius 1 is 0.824 bits per heavy atom. The van der Waals surface area contributed by atoms with Crippen molar-refractivity contribution in [3.8, 4) is 0 Å². The summed E-state index contributed by atoms with van der Waals surface area (Å²) in [4.78, 5) is 34.8. The van der Waals surface area contributed by atoms with Gasteiger partial charge in [-0.25, -0.2) is 4.79 Å². The normalized spacial score (nSPS) is 11.8. The van der Waals surface area contributed by atoms with Crippen LogP contribution in [0.15, 0.2) is 0 Å². The molecule has 0 bridgehead atoms. The monoisotopic (exact) mass is 480 g/mol. The van der Waals surface area contributed by atoms with Crippen molar-refractivity contribution in [2.75, 3.05) is 6.54 Å². The average Bonchev–Trinajstić information content (AvgIpc) is 3.32. The molecule has 0 spiro atoms. The highest BCUT2D eigenvalue weighted by Crippen LogP contribution is 2.13. The number of carboxylic acids is 1. The van der Waals surface area contributed by atoms with Crippen LogP contribution in [0.3, 0.4) is 0 Å². The topological polar surface area (TPSA) is 150 Å². The highest BCUT2D eigenvalue weighted by molar-refractivity contribution is 5.84. The molecule has 0 aliphatic carbocycles. The van der Waals surface area contributed by atoms with Crippen LogP contribution in [-0.2, 0) is 20.8 Å². The molecule has 0 fully saturated rings. The molecule has 0 aliphatic rings. The van der Waals surface area contributed by atoms with E-state index < -0.39 is 12.0 Å². The summed E-state index contributed by atoms with van der Waals surface area (Å²) in [5.74, 6) is -0.743. The van der Waals surface area contributed by atoms with E-state index in [1.165, 1.54) is 57.8 Å². The van der Waals surface area contributed by atoms with Crippen molar-refractivity contribution in [2.24, 2.45) is 0 Å². The van der Waals surface area contributed by atoms with Crippen LogP contribution in [-0.4, -0.2) is 56.1 Å². The lowest BCUT2D eigenvalue weighted by molar-refractivity contribution is -0.142. The van der Waals surface area contributed by atoms with Gasteiger partial charge in [-0.1, -0.05) is 75.8 Å². The Labute approximate surface area is 203 Å². The summed E-state index contributed by atoms with van der Waals surface area (Å²) < 4.78 is 0. The van der Waals surface area contributed by atoms with Crippen molar-refractivity contribution >= 4 is 17.8 Å². The number of rotatable bonds is 22. The van der Waals surface area contributed by atoms with Crippen molar-refractivity contribution < 1.29 is 19.5 Å². The maximum absolute atomic E-state index is 12.0. The van der Waals surface area contributed by atoms with Crippen LogP contribution >= 0.6 is 0 Å². The number of nitrogens with zero attached hydrogens (tertiary/aromatic N) is 3. The number of carboxylic acid groups (broad SMARTS) is 1. The van der Waals surface area contributed by atoms with E-state index in [-0.39, 0.29) is 24.7 Å². The van der Waals surface area contributed by atoms with Crippen molar-refractivity contribution in [1.29, 1.82) is 0 Å². The zero-order chi connectivity index (χ0) is 24.9. The highest BCUT2D eigenvalue weighted by atomic mass is 16.4. The van der Waals surface area contributed by atoms with Crippen LogP contribution in [0.1, 0.15) is 115 Å². The Morgan fingerprint density at radius 3 is 1.88 bits per heavy atom. The summed E-state index contributed by atoms with van der Waals surface area (Å²) >= 11 is 0. The molecule has 0 aromatic carbocycles. The molecule has 0 radical (unpaired) electrons. The van der Waals surface area contributed by atoms with Gasteiger partial charge >= 0.3 is 5.97 Å². The number of aryl methyl sites for hydroxylation is 1. The fourth-order valence-electron chi connectivity index (χ4n) is 3.89. The molecule has 0 aliphatic heterocycles. The second-order valence-corrected chi connectivity index (χ2v) is 8.87. The Hall–Kier alpha value is -2.52. The number of tetrazole rings is 1. The smallest absolute Gasteiger partial charge is 0.326 e. The van der Waals surface area contributed by atoms with Crippen LogP contribution in [0.25, 0.3) is 0 Å². The zero-order valence-corrected chi connectivity index (χ0v) is 20.8. The summed E-state index contributed by atoms with van der Waals surface area (Å²) in [7, 11) is 0. The predicted octanol–water partition coefficient (Wildman–Crippen LogP) is 3.69. The standard InChI is InChI=1S/C24H44N6O4/c1-2-25-22(31)19-18-20(24(33)34)26-23(32)17-15-13-11-9-7-5-3-4-6-8-10-12-14-16-21-27-29-30-28-21/h20H,2-19H2,1H3,(H,25,31)(H,26,32)(H,33,34)(H,27,28,29,30). The molecule has 10 nitrogen and oxygen atoms in total. The molecular formula is C24H44N6O4. The molecular weight excluding hydrogens is 436 g/mol. The SMILES string of the molecule is CCNC(=O)CCC(NC(=O)CCCCCCCCCCCCCCCc1nn[nH]n1)C(=O)O. The molecule has 1 rings (SSSR count). The van der Waals surface area contributed by atoms with E-state index in [0.717, 1.165) is 37.9 Å². The highest BCUT2D eigenvalue weighted by Gasteiger charge is 2.20. The Morgan fingerprint density at radius 2 is 1.38 bits per heavy atom. The van der Waals surface area contributed by atoms with E-state index in [1.807, 2.05) is 0 Å². The lowest BCUT2D eigenvalue weighted by Gasteiger charge is -2.14. The fourth-order valence-corrected chi connectivity index (χ4v) is 3.89. The van der Waals surface area contributed by atoms with Crippen LogP contribution in [0, 0.1) is 0 Å². The van der Waals surface area contributed by atoms with Gasteiger partial charge in [-0.2, -0.15) is 5.21 Å². The first kappa shape index (κ1) is 29.5. The van der Waals surface area contributed by atoms with Crippen LogP contribution in [0.4, 0.5) is 0 Å². The first-order valence-electron chi connectivity index (χ1n) is 13.0. The summed E-state index contributed by atoms with van der Waals surface area (Å²) in [5.41, 5.74) is 0. The van der Waals surface area contributed by atoms with Crippen molar-refractivity contribution in [1.82, 2.24) is 31.3 Å². The molecule has 1 atom stereocenters. The largest absolute Gasteiger partial charge is 0.480 e. The minimum Gasteiger partial charge on any atom is -0.480 e. The van der Waals surface area contributed by atoms with E-state index in [0.29, 0.717) is 13.0 Å². The molecule has 34 heavy (non-hydrogen) atoms. The second-order valence-electron chi connectivity index (χ2n) is 8.87. The molecule has 2 amide bonds. The van der Waals surface area contributed by atoms with Crippen molar-refractivity contribution in [2.45, 2.75) is 122 Å². The molecule has 1 heterocycles. The number of carbonyl (C=O) groups is 3. The number of aromatic amines is 1. The van der Waals surface area contributed by atoms with Gasteiger partial charge in [0.1, 0.15) is 6.04 Å². The average molecular weight is 481 g/mol. The summed E-state index contributed by atoms with van der Waals surface area (Å²) in [6, 6.07) is -1.01. The Bertz CT molecular complexity index is 668. The number of H-pyrrole nitrogens is 1. The number of hydrogen-bond donors (Lipinski definition) is 4. The van der Waals surface area contributed by atoms with Gasteiger partial charge < -0.3 is 15.7 Å². The molecule has 0 saturated carbocycles. The molecule has 1 aromatic heterocycles. The Kier molecular flexibility index (Phi) is 17.3. The quantitative estimate of drug-likeness (QED) is 0.185. The van der Waals surface area contributed by atoms with E-state index in [2.05, 4.69) is 31.3 Å². The number of aromatic nitrogens is 4. The Balaban J connectivity index is 1.88. The minimum atomic E-state index is -1.10. The lowest BCUT2D eigenvalue weighted by atomic mass is 10.0. The number of carbonyl (C=O) groups excluding carboxylic acids is 2. The number of unbranched alkanes of at least 4 members (excludes halogenated alkanes) is 12. The van der Waals surface area contributed by atoms with Gasteiger partial charge in [0.2, 0.25) is 11.8 Å². The van der Waals surface area contributed by atoms with E-state index >= 15 is 0 Å². The predicted molar refractivity (Wildman–Crippen MR) is 130 cm³/mol. The van der Waals surface area contributed by atoms with Crippen LogP contribution in [0.2, 0.25) is 0 Å². The number of nitrogens with one attached hydrogen (secondary N) is 3. The molecule has 0 saturated heterocycles. The van der Waals surface area contributed by atoms with Gasteiger partial charge in [0.25, 0.3) is 0 Å². The summed E-state index contributed by atoms with van der Waals surface area (Å²) in [6.45, 7) is 2.31. The zero-order valence-electron chi connectivity index (χ0n) is 20.8. The van der Waals surface area contributed by atoms with Gasteiger partial charge in [-0.3, -0.25) is 9.59 Å². The summed E-state index contributed by atoms with van der Waals surface area (Å²) in [6.07, 6.45) is 16.8. The van der Waals surface area contributed by atoms with Gasteiger partial charge in [0, 0.05) is 25.8 Å². The molecule has 194 valence electrons. The van der Waals surface area contributed by atoms with Gasteiger partial charge in [0.05, 0.1) is 0 Å². The van der Waals surface area contributed by atoms with E-state index in [4.69, 9.17) is 0 Å². The first-order valence-corrected chi connectivity index (χ1v) is 13.0. The van der Waals surface area contributed by atoms with Gasteiger partial charge in [-0.05, 0) is 26.2 Å². The number of aliphatic carboxylic acids is 1. The maximum atomic E-state index is 12.0. The third-order valence-corrected chi connectivity index (χ3v) is 5.86. The lowest BCUT2D eigenvalue weighted by Crippen LogP contribution is -2.41. The maximum Gasteiger partial charge on any atom is 0.326 e. The van der Waals surface area contributed by atoms with Crippen molar-refractivity contribution in [3.63, 3.8) is 0 Å². The molecule has 4 N–H and O–H groups in total. The fraction of sp³-hybridized carbons (Fsp3) is 0.833. The van der Waals surface area contributed by atoms with Crippen LogP contribution in [0.5, 0.6) is 0 Å². The van der Waals surface area contributed by atoms with Crippen molar-refractivity contribution in [3.05, 3.63) is 5.82 Å². The molecule has 1 aromatic rings. The number of amides is 2.